The monoisotopic (exact) mass is 375 g/mol. The molecule has 5 nitrogen and oxygen atoms in total. The van der Waals surface area contributed by atoms with Crippen LogP contribution in [0.5, 0.6) is 0 Å². The van der Waals surface area contributed by atoms with E-state index in [2.05, 4.69) is 33.1 Å². The van der Waals surface area contributed by atoms with Crippen LogP contribution in [0, 0.1) is 5.92 Å². The highest BCUT2D eigenvalue weighted by Gasteiger charge is 2.45. The van der Waals surface area contributed by atoms with Crippen LogP contribution in [0.4, 0.5) is 0 Å². The summed E-state index contributed by atoms with van der Waals surface area (Å²) in [6, 6.07) is 11.9. The number of nitrogens with one attached hydrogen (secondary N) is 2. The second kappa shape index (κ2) is 6.82. The van der Waals surface area contributed by atoms with Crippen molar-refractivity contribution in [3.05, 3.63) is 70.7 Å². The second-order valence-corrected chi connectivity index (χ2v) is 7.69. The molecule has 2 unspecified atom stereocenters. The van der Waals surface area contributed by atoms with Crippen molar-refractivity contribution in [2.24, 2.45) is 13.0 Å². The van der Waals surface area contributed by atoms with Crippen molar-refractivity contribution in [3.63, 3.8) is 0 Å². The molecule has 3 heterocycles. The molecule has 2 atom stereocenters. The molecule has 0 radical (unpaired) electrons. The SMILES string of the molecule is CC=CC1CCNC(=O)C1(C)c1ccc(-c2ccc3c(ccn3C)c2)[nH]c1=O. The van der Waals surface area contributed by atoms with Crippen LogP contribution in [0.3, 0.4) is 0 Å². The largest absolute Gasteiger partial charge is 0.355 e. The van der Waals surface area contributed by atoms with E-state index in [9.17, 15) is 9.59 Å². The molecule has 1 aliphatic rings. The zero-order valence-electron chi connectivity index (χ0n) is 16.5. The van der Waals surface area contributed by atoms with Crippen LogP contribution in [0.25, 0.3) is 22.2 Å². The van der Waals surface area contributed by atoms with Gasteiger partial charge in [0.25, 0.3) is 5.56 Å². The molecule has 1 aliphatic heterocycles. The fourth-order valence-corrected chi connectivity index (χ4v) is 4.33. The van der Waals surface area contributed by atoms with E-state index >= 15 is 0 Å². The number of fused-ring (bicyclic) bond motifs is 1. The molecular weight excluding hydrogens is 350 g/mol. The Morgan fingerprint density at radius 2 is 2.00 bits per heavy atom. The predicted octanol–water partition coefficient (Wildman–Crippen LogP) is 3.50. The van der Waals surface area contributed by atoms with Gasteiger partial charge < -0.3 is 14.9 Å². The molecule has 2 N–H and O–H groups in total. The van der Waals surface area contributed by atoms with Crippen molar-refractivity contribution >= 4 is 16.8 Å². The van der Waals surface area contributed by atoms with Crippen LogP contribution in [-0.2, 0) is 17.3 Å². The maximum absolute atomic E-state index is 13.0. The predicted molar refractivity (Wildman–Crippen MR) is 112 cm³/mol. The third-order valence-corrected chi connectivity index (χ3v) is 6.04. The fourth-order valence-electron chi connectivity index (χ4n) is 4.33. The Kier molecular flexibility index (Phi) is 4.46. The number of piperidine rings is 1. The van der Waals surface area contributed by atoms with Gasteiger partial charge in [-0.15, -0.1) is 0 Å². The Balaban J connectivity index is 1.78. The molecule has 1 aromatic carbocycles. The lowest BCUT2D eigenvalue weighted by atomic mass is 9.68. The van der Waals surface area contributed by atoms with E-state index in [1.165, 1.54) is 0 Å². The van der Waals surface area contributed by atoms with Crippen LogP contribution in [0.15, 0.2) is 59.5 Å². The molecule has 4 rings (SSSR count). The lowest BCUT2D eigenvalue weighted by Gasteiger charge is -2.38. The number of allylic oxidation sites excluding steroid dienone is 2. The van der Waals surface area contributed by atoms with Gasteiger partial charge in [0.15, 0.2) is 0 Å². The van der Waals surface area contributed by atoms with E-state index in [1.54, 1.807) is 0 Å². The van der Waals surface area contributed by atoms with Gasteiger partial charge >= 0.3 is 0 Å². The molecule has 0 spiro atoms. The van der Waals surface area contributed by atoms with Gasteiger partial charge in [0.05, 0.1) is 5.41 Å². The summed E-state index contributed by atoms with van der Waals surface area (Å²) in [7, 11) is 2.01. The number of hydrogen-bond acceptors (Lipinski definition) is 2. The number of nitrogens with zero attached hydrogens (tertiary/aromatic N) is 1. The molecule has 3 aromatic rings. The summed E-state index contributed by atoms with van der Waals surface area (Å²) in [5, 5.41) is 4.05. The van der Waals surface area contributed by atoms with Gasteiger partial charge in [0, 0.05) is 41.9 Å². The minimum Gasteiger partial charge on any atom is -0.355 e. The number of rotatable bonds is 3. The van der Waals surface area contributed by atoms with Crippen molar-refractivity contribution in [1.29, 1.82) is 0 Å². The van der Waals surface area contributed by atoms with Gasteiger partial charge in [-0.1, -0.05) is 24.3 Å². The van der Waals surface area contributed by atoms with Gasteiger partial charge in [-0.3, -0.25) is 9.59 Å². The highest BCUT2D eigenvalue weighted by Crippen LogP contribution is 2.36. The maximum Gasteiger partial charge on any atom is 0.252 e. The third kappa shape index (κ3) is 2.78. The normalized spacial score (nSPS) is 22.7. The summed E-state index contributed by atoms with van der Waals surface area (Å²) in [5.74, 6) is -0.0929. The van der Waals surface area contributed by atoms with Crippen LogP contribution in [-0.4, -0.2) is 22.0 Å². The van der Waals surface area contributed by atoms with Crippen molar-refractivity contribution in [2.75, 3.05) is 6.54 Å². The Morgan fingerprint density at radius 1 is 1.18 bits per heavy atom. The van der Waals surface area contributed by atoms with Crippen LogP contribution < -0.4 is 10.9 Å². The summed E-state index contributed by atoms with van der Waals surface area (Å²) >= 11 is 0. The third-order valence-electron chi connectivity index (χ3n) is 6.04. The molecule has 28 heavy (non-hydrogen) atoms. The van der Waals surface area contributed by atoms with Gasteiger partial charge in [0.1, 0.15) is 0 Å². The molecule has 0 bridgehead atoms. The van der Waals surface area contributed by atoms with Crippen LogP contribution in [0.1, 0.15) is 25.8 Å². The summed E-state index contributed by atoms with van der Waals surface area (Å²) in [4.78, 5) is 28.8. The summed E-state index contributed by atoms with van der Waals surface area (Å²) in [5.41, 5.74) is 2.27. The Morgan fingerprint density at radius 3 is 2.75 bits per heavy atom. The lowest BCUT2D eigenvalue weighted by molar-refractivity contribution is -0.129. The molecule has 144 valence electrons. The molecule has 0 aliphatic carbocycles. The molecule has 1 amide bonds. The first-order valence-corrected chi connectivity index (χ1v) is 9.65. The number of hydrogen-bond donors (Lipinski definition) is 2. The Labute approximate surface area is 164 Å². The van der Waals surface area contributed by atoms with E-state index in [0.29, 0.717) is 12.1 Å². The molecule has 5 heteroatoms. The van der Waals surface area contributed by atoms with E-state index in [-0.39, 0.29) is 17.4 Å². The van der Waals surface area contributed by atoms with Crippen molar-refractivity contribution in [2.45, 2.75) is 25.7 Å². The minimum absolute atomic E-state index is 0.00105. The van der Waals surface area contributed by atoms with E-state index in [1.807, 2.05) is 57.4 Å². The number of carbonyl (C=O) groups is 1. The number of carbonyl (C=O) groups excluding carboxylic acids is 1. The lowest BCUT2D eigenvalue weighted by Crippen LogP contribution is -2.54. The zero-order chi connectivity index (χ0) is 19.9. The van der Waals surface area contributed by atoms with Gasteiger partial charge in [0.2, 0.25) is 5.91 Å². The van der Waals surface area contributed by atoms with Crippen molar-refractivity contribution in [1.82, 2.24) is 14.9 Å². The van der Waals surface area contributed by atoms with Gasteiger partial charge in [-0.2, -0.15) is 0 Å². The number of aromatic nitrogens is 2. The number of aromatic amines is 1. The highest BCUT2D eigenvalue weighted by atomic mass is 16.2. The molecular formula is C23H25N3O2. The second-order valence-electron chi connectivity index (χ2n) is 7.69. The standard InChI is InChI=1S/C23H25N3O2/c1-4-5-17-10-12-24-22(28)23(17,2)18-7-8-19(25-21(18)27)15-6-9-20-16(14-15)11-13-26(20)3/h4-9,11,13-14,17H,10,12H2,1-3H3,(H,24,28)(H,25,27). The van der Waals surface area contributed by atoms with Crippen LogP contribution in [0.2, 0.25) is 0 Å². The minimum atomic E-state index is -0.875. The summed E-state index contributed by atoms with van der Waals surface area (Å²) in [6.45, 7) is 4.45. The number of aryl methyl sites for hydroxylation is 1. The van der Waals surface area contributed by atoms with E-state index in [0.717, 1.165) is 28.6 Å². The van der Waals surface area contributed by atoms with E-state index < -0.39 is 5.41 Å². The smallest absolute Gasteiger partial charge is 0.252 e. The first-order valence-electron chi connectivity index (χ1n) is 9.65. The number of amides is 1. The summed E-state index contributed by atoms with van der Waals surface area (Å²) < 4.78 is 2.06. The molecule has 1 fully saturated rings. The highest BCUT2D eigenvalue weighted by molar-refractivity contribution is 5.89. The first kappa shape index (κ1) is 18.3. The zero-order valence-corrected chi connectivity index (χ0v) is 16.5. The molecule has 1 saturated heterocycles. The number of H-pyrrole nitrogens is 1. The van der Waals surface area contributed by atoms with Gasteiger partial charge in [-0.05, 0) is 56.0 Å². The number of benzene rings is 1. The number of pyridine rings is 1. The summed E-state index contributed by atoms with van der Waals surface area (Å²) in [6.07, 6.45) is 6.83. The first-order chi connectivity index (χ1) is 13.4. The maximum atomic E-state index is 13.0. The molecule has 0 saturated carbocycles. The average molecular weight is 375 g/mol. The fraction of sp³-hybridized carbons (Fsp3) is 0.304. The topological polar surface area (TPSA) is 66.9 Å². The Bertz CT molecular complexity index is 1140. The van der Waals surface area contributed by atoms with E-state index in [4.69, 9.17) is 0 Å². The van der Waals surface area contributed by atoms with Crippen molar-refractivity contribution in [3.8, 4) is 11.3 Å². The molecule has 2 aromatic heterocycles. The quantitative estimate of drug-likeness (QED) is 0.688. The van der Waals surface area contributed by atoms with Crippen molar-refractivity contribution < 1.29 is 4.79 Å². The Hall–Kier alpha value is -3.08. The average Bonchev–Trinajstić information content (AvgIpc) is 3.06. The van der Waals surface area contributed by atoms with Gasteiger partial charge in [-0.25, -0.2) is 0 Å². The van der Waals surface area contributed by atoms with Crippen LogP contribution >= 0.6 is 0 Å².